The normalized spacial score (nSPS) is 15.7. The van der Waals surface area contributed by atoms with Crippen LogP contribution in [0.1, 0.15) is 64.5 Å². The highest BCUT2D eigenvalue weighted by Gasteiger charge is 2.39. The molecule has 4 rings (SSSR count). The van der Waals surface area contributed by atoms with E-state index in [0.29, 0.717) is 11.9 Å². The fraction of sp³-hybridized carbons (Fsp3) is 0.481. The fourth-order valence-electron chi connectivity index (χ4n) is 4.30. The first-order valence-corrected chi connectivity index (χ1v) is 16.3. The Hall–Kier alpha value is -2.32. The number of aliphatic imine (C=N–C) groups is 1. The summed E-state index contributed by atoms with van der Waals surface area (Å²) in [5.74, 6) is 1.38. The number of halogens is 1. The quantitative estimate of drug-likeness (QED) is 0.180. The van der Waals surface area contributed by atoms with Gasteiger partial charge in [0, 0.05) is 16.7 Å². The lowest BCUT2D eigenvalue weighted by molar-refractivity contribution is 0.492. The molecule has 1 aliphatic rings. The van der Waals surface area contributed by atoms with Gasteiger partial charge in [-0.2, -0.15) is 5.10 Å². The number of rotatable bonds is 7. The Labute approximate surface area is 218 Å². The van der Waals surface area contributed by atoms with Gasteiger partial charge in [-0.05, 0) is 83.2 Å². The number of nitrogens with zero attached hydrogens (tertiary/aromatic N) is 3. The van der Waals surface area contributed by atoms with Crippen molar-refractivity contribution in [3.05, 3.63) is 52.3 Å². The SMILES string of the molecule is CCc1cc(O[Si](C)(C)C(C)(C)C)ccc1/N=C(\N)c1cnn2cc(Br)cc2c1NC1CCCC1. The molecule has 6 nitrogen and oxygen atoms in total. The summed E-state index contributed by atoms with van der Waals surface area (Å²) in [7, 11) is -1.92. The lowest BCUT2D eigenvalue weighted by Gasteiger charge is -2.36. The number of aryl methyl sites for hydroxylation is 1. The van der Waals surface area contributed by atoms with Gasteiger partial charge in [-0.3, -0.25) is 0 Å². The molecule has 1 saturated carbocycles. The Morgan fingerprint density at radius 1 is 1.26 bits per heavy atom. The maximum absolute atomic E-state index is 6.65. The molecule has 0 spiro atoms. The highest BCUT2D eigenvalue weighted by Crippen LogP contribution is 2.38. The second kappa shape index (κ2) is 9.97. The van der Waals surface area contributed by atoms with Crippen LogP contribution in [0.15, 0.2) is 46.1 Å². The summed E-state index contributed by atoms with van der Waals surface area (Å²) < 4.78 is 9.39. The van der Waals surface area contributed by atoms with Crippen LogP contribution in [0.3, 0.4) is 0 Å². The first kappa shape index (κ1) is 25.8. The minimum atomic E-state index is -1.92. The number of aromatic nitrogens is 2. The van der Waals surface area contributed by atoms with Crippen molar-refractivity contribution in [1.29, 1.82) is 0 Å². The minimum absolute atomic E-state index is 0.142. The monoisotopic (exact) mass is 555 g/mol. The van der Waals surface area contributed by atoms with E-state index in [1.807, 2.05) is 29.0 Å². The molecule has 3 N–H and O–H groups in total. The van der Waals surface area contributed by atoms with Crippen LogP contribution in [-0.2, 0) is 6.42 Å². The molecule has 1 aliphatic carbocycles. The summed E-state index contributed by atoms with van der Waals surface area (Å²) in [5, 5.41) is 8.48. The summed E-state index contributed by atoms with van der Waals surface area (Å²) in [4.78, 5) is 4.88. The second-order valence-corrected chi connectivity index (χ2v) is 16.7. The number of benzene rings is 1. The van der Waals surface area contributed by atoms with Crippen molar-refractivity contribution in [1.82, 2.24) is 9.61 Å². The molecule has 2 heterocycles. The third-order valence-corrected chi connectivity index (χ3v) is 12.2. The van der Waals surface area contributed by atoms with Crippen molar-refractivity contribution < 1.29 is 4.43 Å². The van der Waals surface area contributed by atoms with Gasteiger partial charge >= 0.3 is 0 Å². The summed E-state index contributed by atoms with van der Waals surface area (Å²) in [6.45, 7) is 13.4. The van der Waals surface area contributed by atoms with Crippen molar-refractivity contribution in [2.45, 2.75) is 84.0 Å². The van der Waals surface area contributed by atoms with Crippen molar-refractivity contribution >= 4 is 47.0 Å². The van der Waals surface area contributed by atoms with Crippen LogP contribution >= 0.6 is 15.9 Å². The molecule has 0 atom stereocenters. The minimum Gasteiger partial charge on any atom is -0.543 e. The Bertz CT molecular complexity index is 1240. The zero-order chi connectivity index (χ0) is 25.4. The zero-order valence-corrected chi connectivity index (χ0v) is 24.4. The molecule has 0 bridgehead atoms. The van der Waals surface area contributed by atoms with E-state index >= 15 is 0 Å². The van der Waals surface area contributed by atoms with Gasteiger partial charge in [0.2, 0.25) is 8.32 Å². The number of fused-ring (bicyclic) bond motifs is 1. The molecule has 0 amide bonds. The van der Waals surface area contributed by atoms with E-state index in [9.17, 15) is 0 Å². The van der Waals surface area contributed by atoms with Crippen LogP contribution < -0.4 is 15.5 Å². The standard InChI is InChI=1S/C27H38BrN5OSi/c1-7-18-14-21(34-35(5,6)27(2,3)4)12-13-23(18)32-26(29)22-16-30-33-17-19(28)15-24(33)25(22)31-20-10-8-9-11-20/h12-17,20,31H,7-11H2,1-6H3,(H2,29,32). The van der Waals surface area contributed by atoms with Crippen LogP contribution in [0.5, 0.6) is 5.75 Å². The Balaban J connectivity index is 1.70. The van der Waals surface area contributed by atoms with Gasteiger partial charge in [-0.1, -0.05) is 40.5 Å². The number of hydrogen-bond donors (Lipinski definition) is 2. The molecule has 3 aromatic rings. The number of nitrogens with two attached hydrogens (primary N) is 1. The lowest BCUT2D eigenvalue weighted by Crippen LogP contribution is -2.43. The predicted molar refractivity (Wildman–Crippen MR) is 153 cm³/mol. The van der Waals surface area contributed by atoms with Crippen molar-refractivity contribution in [3.63, 3.8) is 0 Å². The molecular formula is C27H38BrN5OSi. The topological polar surface area (TPSA) is 76.9 Å². The third kappa shape index (κ3) is 5.59. The van der Waals surface area contributed by atoms with Crippen LogP contribution in [0.4, 0.5) is 11.4 Å². The van der Waals surface area contributed by atoms with Crippen LogP contribution in [-0.4, -0.2) is 29.8 Å². The molecule has 1 aromatic carbocycles. The molecule has 0 aliphatic heterocycles. The Morgan fingerprint density at radius 3 is 2.63 bits per heavy atom. The van der Waals surface area contributed by atoms with Crippen molar-refractivity contribution in [3.8, 4) is 5.75 Å². The van der Waals surface area contributed by atoms with Gasteiger partial charge in [-0.25, -0.2) is 9.51 Å². The van der Waals surface area contributed by atoms with E-state index in [0.717, 1.165) is 44.7 Å². The average Bonchev–Trinajstić information content (AvgIpc) is 3.42. The first-order chi connectivity index (χ1) is 16.5. The third-order valence-electron chi connectivity index (χ3n) is 7.44. The second-order valence-electron chi connectivity index (χ2n) is 11.1. The molecule has 188 valence electrons. The van der Waals surface area contributed by atoms with Crippen molar-refractivity contribution in [2.75, 3.05) is 5.32 Å². The maximum Gasteiger partial charge on any atom is 0.250 e. The van der Waals surface area contributed by atoms with Gasteiger partial charge in [0.25, 0.3) is 0 Å². The van der Waals surface area contributed by atoms with Crippen LogP contribution in [0.25, 0.3) is 5.52 Å². The molecule has 0 saturated heterocycles. The van der Waals surface area contributed by atoms with Gasteiger partial charge in [0.1, 0.15) is 11.6 Å². The molecule has 35 heavy (non-hydrogen) atoms. The van der Waals surface area contributed by atoms with E-state index in [4.69, 9.17) is 15.2 Å². The smallest absolute Gasteiger partial charge is 0.250 e. The van der Waals surface area contributed by atoms with Gasteiger partial charge in [0.15, 0.2) is 0 Å². The molecule has 1 fully saturated rings. The van der Waals surface area contributed by atoms with E-state index < -0.39 is 8.32 Å². The van der Waals surface area contributed by atoms with E-state index in [1.54, 1.807) is 0 Å². The fourth-order valence-corrected chi connectivity index (χ4v) is 5.73. The summed E-state index contributed by atoms with van der Waals surface area (Å²) >= 11 is 3.59. The van der Waals surface area contributed by atoms with E-state index in [-0.39, 0.29) is 5.04 Å². The van der Waals surface area contributed by atoms with Crippen LogP contribution in [0.2, 0.25) is 18.1 Å². The molecular weight excluding hydrogens is 518 g/mol. The van der Waals surface area contributed by atoms with E-state index in [1.165, 1.54) is 25.7 Å². The Kier molecular flexibility index (Phi) is 7.34. The molecule has 0 radical (unpaired) electrons. The number of nitrogens with one attached hydrogen (secondary N) is 1. The van der Waals surface area contributed by atoms with E-state index in [2.05, 4.69) is 79.3 Å². The summed E-state index contributed by atoms with van der Waals surface area (Å²) in [5.41, 5.74) is 11.5. The summed E-state index contributed by atoms with van der Waals surface area (Å²) in [6.07, 6.45) is 9.47. The van der Waals surface area contributed by atoms with Gasteiger partial charge in [-0.15, -0.1) is 0 Å². The maximum atomic E-state index is 6.65. The van der Waals surface area contributed by atoms with Gasteiger partial charge in [0.05, 0.1) is 28.7 Å². The molecule has 0 unspecified atom stereocenters. The predicted octanol–water partition coefficient (Wildman–Crippen LogP) is 7.43. The highest BCUT2D eigenvalue weighted by molar-refractivity contribution is 9.10. The lowest BCUT2D eigenvalue weighted by atomic mass is 10.1. The molecule has 2 aromatic heterocycles. The number of hydrogen-bond acceptors (Lipinski definition) is 4. The van der Waals surface area contributed by atoms with Crippen LogP contribution in [0, 0.1) is 0 Å². The van der Waals surface area contributed by atoms with Crippen molar-refractivity contribution in [2.24, 2.45) is 10.7 Å². The number of amidine groups is 1. The summed E-state index contributed by atoms with van der Waals surface area (Å²) in [6, 6.07) is 8.69. The Morgan fingerprint density at radius 2 is 1.97 bits per heavy atom. The first-order valence-electron chi connectivity index (χ1n) is 12.6. The average molecular weight is 557 g/mol. The molecule has 8 heteroatoms. The highest BCUT2D eigenvalue weighted by atomic mass is 79.9. The van der Waals surface area contributed by atoms with Gasteiger partial charge < -0.3 is 15.5 Å². The largest absolute Gasteiger partial charge is 0.543 e. The zero-order valence-electron chi connectivity index (χ0n) is 21.8. The number of anilines is 1.